The minimum absolute atomic E-state index is 0.299. The molecule has 1 aliphatic heterocycles. The van der Waals surface area contributed by atoms with Crippen LogP contribution in [0, 0.1) is 0 Å². The first-order valence-electron chi connectivity index (χ1n) is 6.34. The Morgan fingerprint density at radius 3 is 2.67 bits per heavy atom. The fourth-order valence-corrected chi connectivity index (χ4v) is 1.74. The van der Waals surface area contributed by atoms with Gasteiger partial charge in [0, 0.05) is 38.4 Å². The number of nitrogens with two attached hydrogens (primary N) is 2. The van der Waals surface area contributed by atoms with Gasteiger partial charge in [0.05, 0.1) is 0 Å². The monoisotopic (exact) mass is 250 g/mol. The van der Waals surface area contributed by atoms with Crippen molar-refractivity contribution in [2.45, 2.75) is 25.8 Å². The van der Waals surface area contributed by atoms with Crippen molar-refractivity contribution in [3.8, 4) is 0 Å². The van der Waals surface area contributed by atoms with Gasteiger partial charge < -0.3 is 16.4 Å². The van der Waals surface area contributed by atoms with Crippen LogP contribution in [0.5, 0.6) is 0 Å². The first-order chi connectivity index (χ1) is 8.77. The minimum Gasteiger partial charge on any atom is -0.343 e. The highest BCUT2D eigenvalue weighted by molar-refractivity contribution is 5.77. The topological polar surface area (TPSA) is 85.2 Å². The summed E-state index contributed by atoms with van der Waals surface area (Å²) in [6.45, 7) is 3.06. The van der Waals surface area contributed by atoms with E-state index in [1.165, 1.54) is 0 Å². The van der Waals surface area contributed by atoms with Gasteiger partial charge in [-0.05, 0) is 31.0 Å². The Balaban J connectivity index is 0.000000184. The van der Waals surface area contributed by atoms with Gasteiger partial charge in [-0.2, -0.15) is 0 Å². The molecule has 2 rings (SSSR count). The highest BCUT2D eigenvalue weighted by Crippen LogP contribution is 2.08. The molecule has 1 amide bonds. The fourth-order valence-electron chi connectivity index (χ4n) is 1.74. The molecule has 0 bridgehead atoms. The van der Waals surface area contributed by atoms with Crippen LogP contribution >= 0.6 is 0 Å². The second-order valence-electron chi connectivity index (χ2n) is 4.19. The summed E-state index contributed by atoms with van der Waals surface area (Å²) in [6.07, 6.45) is 6.21. The van der Waals surface area contributed by atoms with E-state index >= 15 is 0 Å². The molecule has 0 saturated carbocycles. The van der Waals surface area contributed by atoms with E-state index in [4.69, 9.17) is 11.5 Å². The molecule has 0 aromatic carbocycles. The average molecular weight is 250 g/mol. The summed E-state index contributed by atoms with van der Waals surface area (Å²) in [7, 11) is 0. The molecule has 1 aromatic heterocycles. The van der Waals surface area contributed by atoms with Crippen LogP contribution in [0.3, 0.4) is 0 Å². The number of likely N-dealkylation sites (tertiary alicyclic amines) is 1. The summed E-state index contributed by atoms with van der Waals surface area (Å²) in [5, 5.41) is 0. The molecule has 1 saturated heterocycles. The van der Waals surface area contributed by atoms with Gasteiger partial charge in [-0.1, -0.05) is 6.07 Å². The SMILES string of the molecule is NCCCN1CCCC1=O.NCc1cccnc1. The zero-order valence-corrected chi connectivity index (χ0v) is 10.7. The molecular weight excluding hydrogens is 228 g/mol. The van der Waals surface area contributed by atoms with E-state index < -0.39 is 0 Å². The number of pyridine rings is 1. The standard InChI is InChI=1S/C7H14N2O.C6H8N2/c8-4-2-6-9-5-1-3-7(9)10;7-4-6-2-1-3-8-5-6/h1-6,8H2;1-3,5H,4,7H2. The number of amides is 1. The molecule has 0 unspecified atom stereocenters. The number of carbonyl (C=O) groups is 1. The predicted molar refractivity (Wildman–Crippen MR) is 71.6 cm³/mol. The predicted octanol–water partition coefficient (Wildman–Crippen LogP) is 0.498. The lowest BCUT2D eigenvalue weighted by atomic mass is 10.3. The second kappa shape index (κ2) is 8.60. The number of rotatable bonds is 4. The first-order valence-corrected chi connectivity index (χ1v) is 6.34. The number of hydrogen-bond donors (Lipinski definition) is 2. The van der Waals surface area contributed by atoms with Crippen molar-refractivity contribution in [3.05, 3.63) is 30.1 Å². The van der Waals surface area contributed by atoms with Gasteiger partial charge in [0.15, 0.2) is 0 Å². The minimum atomic E-state index is 0.299. The smallest absolute Gasteiger partial charge is 0.222 e. The maximum Gasteiger partial charge on any atom is 0.222 e. The van der Waals surface area contributed by atoms with Gasteiger partial charge in [0.25, 0.3) is 0 Å². The lowest BCUT2D eigenvalue weighted by Gasteiger charge is -2.13. The molecule has 2 heterocycles. The molecule has 0 aliphatic carbocycles. The number of carbonyl (C=O) groups excluding carboxylic acids is 1. The summed E-state index contributed by atoms with van der Waals surface area (Å²) in [4.78, 5) is 16.7. The Bertz CT molecular complexity index is 342. The second-order valence-corrected chi connectivity index (χ2v) is 4.19. The van der Waals surface area contributed by atoms with E-state index in [2.05, 4.69) is 4.98 Å². The third-order valence-corrected chi connectivity index (χ3v) is 2.76. The highest BCUT2D eigenvalue weighted by atomic mass is 16.2. The Kier molecular flexibility index (Phi) is 6.98. The Hall–Kier alpha value is -1.46. The van der Waals surface area contributed by atoms with Gasteiger partial charge in [0.1, 0.15) is 0 Å². The number of aromatic nitrogens is 1. The zero-order chi connectivity index (χ0) is 13.2. The molecule has 5 nitrogen and oxygen atoms in total. The third kappa shape index (κ3) is 5.25. The molecule has 1 fully saturated rings. The maximum atomic E-state index is 11.0. The molecule has 0 spiro atoms. The van der Waals surface area contributed by atoms with Gasteiger partial charge in [0.2, 0.25) is 5.91 Å². The third-order valence-electron chi connectivity index (χ3n) is 2.76. The van der Waals surface area contributed by atoms with Crippen LogP contribution in [0.15, 0.2) is 24.5 Å². The maximum absolute atomic E-state index is 11.0. The lowest BCUT2D eigenvalue weighted by Crippen LogP contribution is -2.27. The molecule has 0 atom stereocenters. The van der Waals surface area contributed by atoms with Gasteiger partial charge in [-0.3, -0.25) is 9.78 Å². The van der Waals surface area contributed by atoms with Crippen molar-refractivity contribution in [2.24, 2.45) is 11.5 Å². The Morgan fingerprint density at radius 1 is 1.39 bits per heavy atom. The van der Waals surface area contributed by atoms with E-state index in [0.29, 0.717) is 19.0 Å². The summed E-state index contributed by atoms with van der Waals surface area (Å²) in [6, 6.07) is 3.83. The Labute approximate surface area is 108 Å². The molecule has 0 radical (unpaired) electrons. The van der Waals surface area contributed by atoms with Crippen molar-refractivity contribution in [1.82, 2.24) is 9.88 Å². The van der Waals surface area contributed by atoms with E-state index in [-0.39, 0.29) is 0 Å². The molecular formula is C13H22N4O. The molecule has 4 N–H and O–H groups in total. The van der Waals surface area contributed by atoms with E-state index in [1.54, 1.807) is 12.4 Å². The van der Waals surface area contributed by atoms with E-state index in [9.17, 15) is 4.79 Å². The molecule has 1 aromatic rings. The lowest BCUT2D eigenvalue weighted by molar-refractivity contribution is -0.127. The zero-order valence-electron chi connectivity index (χ0n) is 10.7. The van der Waals surface area contributed by atoms with E-state index in [0.717, 1.165) is 37.9 Å². The van der Waals surface area contributed by atoms with Crippen molar-refractivity contribution >= 4 is 5.91 Å². The molecule has 18 heavy (non-hydrogen) atoms. The molecule has 1 aliphatic rings. The van der Waals surface area contributed by atoms with Gasteiger partial charge in [-0.25, -0.2) is 0 Å². The highest BCUT2D eigenvalue weighted by Gasteiger charge is 2.18. The van der Waals surface area contributed by atoms with Gasteiger partial charge in [-0.15, -0.1) is 0 Å². The summed E-state index contributed by atoms with van der Waals surface area (Å²) < 4.78 is 0. The summed E-state index contributed by atoms with van der Waals surface area (Å²) >= 11 is 0. The number of nitrogens with zero attached hydrogens (tertiary/aromatic N) is 2. The van der Waals surface area contributed by atoms with Crippen LogP contribution in [0.1, 0.15) is 24.8 Å². The largest absolute Gasteiger partial charge is 0.343 e. The molecule has 100 valence electrons. The van der Waals surface area contributed by atoms with Crippen molar-refractivity contribution < 1.29 is 4.79 Å². The van der Waals surface area contributed by atoms with Crippen LogP contribution in [-0.4, -0.2) is 35.4 Å². The fraction of sp³-hybridized carbons (Fsp3) is 0.538. The van der Waals surface area contributed by atoms with Crippen molar-refractivity contribution in [1.29, 1.82) is 0 Å². The van der Waals surface area contributed by atoms with Crippen LogP contribution in [0.2, 0.25) is 0 Å². The average Bonchev–Trinajstić information content (AvgIpc) is 2.83. The molecule has 5 heteroatoms. The van der Waals surface area contributed by atoms with E-state index in [1.807, 2.05) is 17.0 Å². The number of hydrogen-bond acceptors (Lipinski definition) is 4. The van der Waals surface area contributed by atoms with Crippen LogP contribution < -0.4 is 11.5 Å². The summed E-state index contributed by atoms with van der Waals surface area (Å²) in [5.41, 5.74) is 11.7. The van der Waals surface area contributed by atoms with Crippen LogP contribution in [-0.2, 0) is 11.3 Å². The van der Waals surface area contributed by atoms with Crippen molar-refractivity contribution in [2.75, 3.05) is 19.6 Å². The van der Waals surface area contributed by atoms with Crippen LogP contribution in [0.4, 0.5) is 0 Å². The van der Waals surface area contributed by atoms with Crippen LogP contribution in [0.25, 0.3) is 0 Å². The van der Waals surface area contributed by atoms with Crippen molar-refractivity contribution in [3.63, 3.8) is 0 Å². The quantitative estimate of drug-likeness (QED) is 0.814. The van der Waals surface area contributed by atoms with Gasteiger partial charge >= 0.3 is 0 Å². The summed E-state index contributed by atoms with van der Waals surface area (Å²) in [5.74, 6) is 0.299. The normalized spacial score (nSPS) is 14.3. The Morgan fingerprint density at radius 2 is 2.22 bits per heavy atom. The first kappa shape index (κ1) is 14.6.